The number of carbonyl (C=O) groups is 2. The first-order chi connectivity index (χ1) is 15.7. The molecule has 0 saturated heterocycles. The highest BCUT2D eigenvalue weighted by molar-refractivity contribution is 5.75. The van der Waals surface area contributed by atoms with E-state index in [1.54, 1.807) is 20.8 Å². The minimum atomic E-state index is -0.567. The molecule has 0 heterocycles. The van der Waals surface area contributed by atoms with Crippen molar-refractivity contribution in [3.8, 4) is 11.1 Å². The molecule has 33 heavy (non-hydrogen) atoms. The van der Waals surface area contributed by atoms with Gasteiger partial charge < -0.3 is 25.8 Å². The van der Waals surface area contributed by atoms with E-state index in [1.807, 2.05) is 12.1 Å². The molecule has 7 heteroatoms. The molecule has 1 amide bonds. The number of ether oxygens (including phenoxy) is 2. The molecule has 0 fully saturated rings. The van der Waals surface area contributed by atoms with E-state index in [-0.39, 0.29) is 5.97 Å². The maximum atomic E-state index is 12.1. The van der Waals surface area contributed by atoms with Crippen LogP contribution in [0.3, 0.4) is 0 Å². The molecule has 180 valence electrons. The molecule has 0 bridgehead atoms. The Balaban J connectivity index is 1.88. The van der Waals surface area contributed by atoms with Gasteiger partial charge in [-0.05, 0) is 68.8 Å². The van der Waals surface area contributed by atoms with Crippen LogP contribution >= 0.6 is 0 Å². The summed E-state index contributed by atoms with van der Waals surface area (Å²) in [6, 6.07) is 16.2. The van der Waals surface area contributed by atoms with Gasteiger partial charge in [0.2, 0.25) is 0 Å². The minimum Gasteiger partial charge on any atom is -0.468 e. The number of methoxy groups -OCH3 is 1. The number of amides is 1. The molecule has 0 aliphatic carbocycles. The lowest BCUT2D eigenvalue weighted by Crippen LogP contribution is -2.41. The first-order valence-corrected chi connectivity index (χ1v) is 11.4. The van der Waals surface area contributed by atoms with E-state index in [0.29, 0.717) is 26.1 Å². The van der Waals surface area contributed by atoms with Gasteiger partial charge in [-0.2, -0.15) is 0 Å². The van der Waals surface area contributed by atoms with Gasteiger partial charge in [0.05, 0.1) is 7.11 Å². The zero-order valence-corrected chi connectivity index (χ0v) is 20.1. The van der Waals surface area contributed by atoms with E-state index in [1.165, 1.54) is 12.7 Å². The van der Waals surface area contributed by atoms with Crippen molar-refractivity contribution in [1.29, 1.82) is 0 Å². The fourth-order valence-corrected chi connectivity index (χ4v) is 3.30. The quantitative estimate of drug-likeness (QED) is 0.446. The lowest BCUT2D eigenvalue weighted by molar-refractivity contribution is -0.143. The Labute approximate surface area is 197 Å². The van der Waals surface area contributed by atoms with Crippen LogP contribution in [0.2, 0.25) is 0 Å². The van der Waals surface area contributed by atoms with Gasteiger partial charge in [0.15, 0.2) is 0 Å². The molecule has 1 unspecified atom stereocenters. The van der Waals surface area contributed by atoms with Crippen molar-refractivity contribution in [3.63, 3.8) is 0 Å². The zero-order valence-electron chi connectivity index (χ0n) is 20.1. The Morgan fingerprint density at radius 3 is 2.06 bits per heavy atom. The molecule has 0 spiro atoms. The number of rotatable bonds is 11. The van der Waals surface area contributed by atoms with Crippen molar-refractivity contribution in [2.45, 2.75) is 58.2 Å². The molecule has 2 aromatic carbocycles. The van der Waals surface area contributed by atoms with Crippen LogP contribution in [0.15, 0.2) is 48.5 Å². The Morgan fingerprint density at radius 2 is 1.55 bits per heavy atom. The number of nitrogens with two attached hydrogens (primary N) is 1. The van der Waals surface area contributed by atoms with Gasteiger partial charge in [-0.1, -0.05) is 48.5 Å². The van der Waals surface area contributed by atoms with Crippen molar-refractivity contribution in [2.75, 3.05) is 20.2 Å². The number of esters is 1. The SMILES string of the molecule is COC(=O)C(CCNC(=O)OC(C)(C)C)NCc1ccc(-c2ccc(CCCN)cc2)cc1. The second-order valence-electron chi connectivity index (χ2n) is 8.96. The fourth-order valence-electron chi connectivity index (χ4n) is 3.30. The fraction of sp³-hybridized carbons (Fsp3) is 0.462. The highest BCUT2D eigenvalue weighted by Gasteiger charge is 2.20. The van der Waals surface area contributed by atoms with Gasteiger partial charge in [0.1, 0.15) is 11.6 Å². The number of carbonyl (C=O) groups excluding carboxylic acids is 2. The van der Waals surface area contributed by atoms with Crippen LogP contribution in [0, 0.1) is 0 Å². The maximum Gasteiger partial charge on any atom is 0.407 e. The smallest absolute Gasteiger partial charge is 0.407 e. The molecular weight excluding hydrogens is 418 g/mol. The summed E-state index contributed by atoms with van der Waals surface area (Å²) in [5.74, 6) is -0.368. The summed E-state index contributed by atoms with van der Waals surface area (Å²) in [4.78, 5) is 23.9. The van der Waals surface area contributed by atoms with Gasteiger partial charge in [0.25, 0.3) is 0 Å². The van der Waals surface area contributed by atoms with Crippen LogP contribution in [0.25, 0.3) is 11.1 Å². The second kappa shape index (κ2) is 13.0. The minimum absolute atomic E-state index is 0.294. The third-order valence-electron chi connectivity index (χ3n) is 5.05. The molecule has 2 aromatic rings. The number of benzene rings is 2. The predicted molar refractivity (Wildman–Crippen MR) is 131 cm³/mol. The molecule has 2 rings (SSSR count). The molecule has 0 aromatic heterocycles. The molecule has 0 aliphatic heterocycles. The highest BCUT2D eigenvalue weighted by atomic mass is 16.6. The Morgan fingerprint density at radius 1 is 0.970 bits per heavy atom. The van der Waals surface area contributed by atoms with Crippen molar-refractivity contribution >= 4 is 12.1 Å². The first kappa shape index (κ1) is 26.4. The van der Waals surface area contributed by atoms with Crippen molar-refractivity contribution in [3.05, 3.63) is 59.7 Å². The Kier molecular flexibility index (Phi) is 10.4. The van der Waals surface area contributed by atoms with E-state index in [9.17, 15) is 9.59 Å². The van der Waals surface area contributed by atoms with Crippen molar-refractivity contribution < 1.29 is 19.1 Å². The monoisotopic (exact) mass is 455 g/mol. The Hall–Kier alpha value is -2.90. The number of alkyl carbamates (subject to hydrolysis) is 1. The summed E-state index contributed by atoms with van der Waals surface area (Å²) in [5.41, 5.74) is 9.65. The van der Waals surface area contributed by atoms with Gasteiger partial charge in [-0.15, -0.1) is 0 Å². The van der Waals surface area contributed by atoms with Crippen molar-refractivity contribution in [2.24, 2.45) is 5.73 Å². The summed E-state index contributed by atoms with van der Waals surface area (Å²) >= 11 is 0. The zero-order chi connectivity index (χ0) is 24.3. The highest BCUT2D eigenvalue weighted by Crippen LogP contribution is 2.21. The Bertz CT molecular complexity index is 874. The average Bonchev–Trinajstić information content (AvgIpc) is 2.79. The van der Waals surface area contributed by atoms with Crippen LogP contribution < -0.4 is 16.4 Å². The van der Waals surface area contributed by atoms with Gasteiger partial charge >= 0.3 is 12.1 Å². The number of hydrogen-bond donors (Lipinski definition) is 3. The van der Waals surface area contributed by atoms with E-state index in [2.05, 4.69) is 47.0 Å². The third kappa shape index (κ3) is 9.63. The molecular formula is C26H37N3O4. The van der Waals surface area contributed by atoms with Gasteiger partial charge in [0, 0.05) is 13.1 Å². The topological polar surface area (TPSA) is 103 Å². The molecule has 0 saturated carbocycles. The maximum absolute atomic E-state index is 12.1. The van der Waals surface area contributed by atoms with Crippen LogP contribution in [-0.4, -0.2) is 43.9 Å². The van der Waals surface area contributed by atoms with E-state index in [0.717, 1.165) is 29.5 Å². The molecule has 0 aliphatic rings. The van der Waals surface area contributed by atoms with E-state index in [4.69, 9.17) is 15.2 Å². The summed E-state index contributed by atoms with van der Waals surface area (Å²) in [6.45, 7) is 6.90. The molecule has 7 nitrogen and oxygen atoms in total. The van der Waals surface area contributed by atoms with E-state index < -0.39 is 17.7 Å². The number of aryl methyl sites for hydroxylation is 1. The largest absolute Gasteiger partial charge is 0.468 e. The molecule has 1 atom stereocenters. The standard InChI is InChI=1S/C26H37N3O4/c1-26(2,3)33-25(31)28-17-15-23(24(30)32-4)29-18-20-9-13-22(14-10-20)21-11-7-19(8-12-21)6-5-16-27/h7-14,23,29H,5-6,15-18,27H2,1-4H3,(H,28,31). The average molecular weight is 456 g/mol. The van der Waals surface area contributed by atoms with Crippen LogP contribution in [-0.2, 0) is 27.2 Å². The number of nitrogens with one attached hydrogen (secondary N) is 2. The summed E-state index contributed by atoms with van der Waals surface area (Å²) in [6.07, 6.45) is 1.87. The summed E-state index contributed by atoms with van der Waals surface area (Å²) in [5, 5.41) is 5.89. The second-order valence-corrected chi connectivity index (χ2v) is 8.96. The van der Waals surface area contributed by atoms with Gasteiger partial charge in [-0.25, -0.2) is 4.79 Å². The summed E-state index contributed by atoms with van der Waals surface area (Å²) < 4.78 is 10.1. The lowest BCUT2D eigenvalue weighted by Gasteiger charge is -2.21. The van der Waals surface area contributed by atoms with Crippen LogP contribution in [0.5, 0.6) is 0 Å². The van der Waals surface area contributed by atoms with Crippen LogP contribution in [0.1, 0.15) is 44.7 Å². The normalized spacial score (nSPS) is 12.2. The molecule has 0 radical (unpaired) electrons. The van der Waals surface area contributed by atoms with Gasteiger partial charge in [-0.3, -0.25) is 4.79 Å². The third-order valence-corrected chi connectivity index (χ3v) is 5.05. The lowest BCUT2D eigenvalue weighted by atomic mass is 10.0. The first-order valence-electron chi connectivity index (χ1n) is 11.4. The van der Waals surface area contributed by atoms with Crippen LogP contribution in [0.4, 0.5) is 4.79 Å². The predicted octanol–water partition coefficient (Wildman–Crippen LogP) is 3.79. The summed E-state index contributed by atoms with van der Waals surface area (Å²) in [7, 11) is 1.36. The van der Waals surface area contributed by atoms with E-state index >= 15 is 0 Å². The van der Waals surface area contributed by atoms with Crippen molar-refractivity contribution in [1.82, 2.24) is 10.6 Å². The molecule has 4 N–H and O–H groups in total. The number of hydrogen-bond acceptors (Lipinski definition) is 6.